The Morgan fingerprint density at radius 3 is 2.34 bits per heavy atom. The molecule has 6 nitrogen and oxygen atoms in total. The molecule has 3 amide bonds. The molecule has 3 N–H and O–H groups in total. The molecule has 32 heavy (non-hydrogen) atoms. The van der Waals surface area contributed by atoms with Crippen LogP contribution in [0, 0.1) is 12.7 Å². The largest absolute Gasteiger partial charge is 0.446 e. The monoisotopic (exact) mass is 453 g/mol. The van der Waals surface area contributed by atoms with E-state index in [4.69, 9.17) is 10.7 Å². The Balaban J connectivity index is 1.76. The van der Waals surface area contributed by atoms with Gasteiger partial charge in [-0.2, -0.15) is 10.4 Å². The van der Waals surface area contributed by atoms with Crippen LogP contribution < -0.4 is 15.8 Å². The summed E-state index contributed by atoms with van der Waals surface area (Å²) >= 11 is 1.27. The molecule has 1 unspecified atom stereocenters. The summed E-state index contributed by atoms with van der Waals surface area (Å²) in [6.07, 6.45) is 4.49. The first kappa shape index (κ1) is 22.1. The van der Waals surface area contributed by atoms with Gasteiger partial charge in [-0.25, -0.2) is 9.18 Å². The van der Waals surface area contributed by atoms with Crippen LogP contribution in [0.4, 0.5) is 14.3 Å². The van der Waals surface area contributed by atoms with Crippen molar-refractivity contribution in [2.75, 3.05) is 0 Å². The molecule has 2 aromatic carbocycles. The number of carbonyl (C=O) groups excluding carboxylic acids is 2. The molecule has 1 fully saturated rings. The molecule has 1 aliphatic rings. The van der Waals surface area contributed by atoms with Crippen molar-refractivity contribution in [1.29, 1.82) is 0 Å². The maximum atomic E-state index is 13.3. The molecule has 1 aromatic heterocycles. The molecule has 3 aromatic rings. The minimum atomic E-state index is -0.669. The van der Waals surface area contributed by atoms with Gasteiger partial charge < -0.3 is 5.73 Å². The molecule has 0 aliphatic heterocycles. The number of hydrogen-bond acceptors (Lipinski definition) is 4. The summed E-state index contributed by atoms with van der Waals surface area (Å²) in [6, 6.07) is 12.3. The summed E-state index contributed by atoms with van der Waals surface area (Å²) in [5.41, 5.74) is 11.7. The zero-order valence-corrected chi connectivity index (χ0v) is 18.7. The van der Waals surface area contributed by atoms with Crippen molar-refractivity contribution in [3.63, 3.8) is 0 Å². The normalized spacial score (nSPS) is 16.3. The van der Waals surface area contributed by atoms with Crippen LogP contribution in [0.5, 0.6) is 0 Å². The molecule has 1 atom stereocenters. The van der Waals surface area contributed by atoms with E-state index in [9.17, 15) is 14.0 Å². The van der Waals surface area contributed by atoms with Crippen LogP contribution in [0.25, 0.3) is 11.3 Å². The second-order valence-electron chi connectivity index (χ2n) is 8.18. The van der Waals surface area contributed by atoms with Gasteiger partial charge in [0, 0.05) is 29.3 Å². The third-order valence-electron chi connectivity index (χ3n) is 6.00. The fraction of sp³-hybridized carbons (Fsp3) is 0.292. The highest BCUT2D eigenvalue weighted by Gasteiger charge is 2.50. The first-order valence-electron chi connectivity index (χ1n) is 10.7. The van der Waals surface area contributed by atoms with Crippen LogP contribution in [0.1, 0.15) is 48.0 Å². The highest BCUT2D eigenvalue weighted by molar-refractivity contribution is 7.14. The van der Waals surface area contributed by atoms with Crippen molar-refractivity contribution in [3.05, 3.63) is 70.9 Å². The SMILES string of the molecule is Cc1ccc(C(=O)N[N+](C(N)=O)(c2nc(-c3ccc(F)cc3)cs2)C2CCCCC2)cc1. The van der Waals surface area contributed by atoms with Crippen molar-refractivity contribution < 1.29 is 14.0 Å². The number of primary amides is 1. The lowest BCUT2D eigenvalue weighted by Crippen LogP contribution is -2.72. The quantitative estimate of drug-likeness (QED) is 0.414. The van der Waals surface area contributed by atoms with Crippen LogP contribution in [0.3, 0.4) is 0 Å². The van der Waals surface area contributed by atoms with Crippen molar-refractivity contribution in [2.24, 2.45) is 5.73 Å². The van der Waals surface area contributed by atoms with Gasteiger partial charge in [-0.05, 0) is 56.2 Å². The number of aromatic nitrogens is 1. The van der Waals surface area contributed by atoms with E-state index in [1.54, 1.807) is 29.6 Å². The summed E-state index contributed by atoms with van der Waals surface area (Å²) in [5.74, 6) is -0.716. The van der Waals surface area contributed by atoms with Gasteiger partial charge in [0.1, 0.15) is 11.9 Å². The number of thiazole rings is 1. The molecule has 1 aliphatic carbocycles. The topological polar surface area (TPSA) is 85.1 Å². The third-order valence-corrected chi connectivity index (χ3v) is 6.93. The molecule has 0 saturated heterocycles. The predicted molar refractivity (Wildman–Crippen MR) is 124 cm³/mol. The fourth-order valence-corrected chi connectivity index (χ4v) is 5.21. The zero-order valence-electron chi connectivity index (χ0n) is 17.9. The predicted octanol–water partition coefficient (Wildman–Crippen LogP) is 5.32. The number of nitrogens with two attached hydrogens (primary N) is 1. The Hall–Kier alpha value is -3.10. The van der Waals surface area contributed by atoms with E-state index in [1.165, 1.54) is 23.5 Å². The molecule has 0 spiro atoms. The Bertz CT molecular complexity index is 1110. The highest BCUT2D eigenvalue weighted by Crippen LogP contribution is 2.37. The summed E-state index contributed by atoms with van der Waals surface area (Å²) in [4.78, 5) is 30.9. The van der Waals surface area contributed by atoms with Crippen LogP contribution in [0.15, 0.2) is 53.9 Å². The lowest BCUT2D eigenvalue weighted by atomic mass is 9.94. The lowest BCUT2D eigenvalue weighted by molar-refractivity contribution is 0.0742. The molecule has 166 valence electrons. The number of nitrogens with zero attached hydrogens (tertiary/aromatic N) is 2. The van der Waals surface area contributed by atoms with E-state index in [0.717, 1.165) is 43.2 Å². The summed E-state index contributed by atoms with van der Waals surface area (Å²) < 4.78 is 12.8. The van der Waals surface area contributed by atoms with E-state index < -0.39 is 10.6 Å². The van der Waals surface area contributed by atoms with Gasteiger partial charge in [-0.15, -0.1) is 0 Å². The van der Waals surface area contributed by atoms with Gasteiger partial charge in [-0.3, -0.25) is 4.79 Å². The molecule has 1 heterocycles. The molecular formula is C24H26FN4O2S+. The van der Waals surface area contributed by atoms with Crippen molar-refractivity contribution >= 4 is 28.4 Å². The van der Waals surface area contributed by atoms with Crippen LogP contribution >= 0.6 is 11.3 Å². The number of quaternary nitrogens is 1. The van der Waals surface area contributed by atoms with Gasteiger partial charge in [0.15, 0.2) is 0 Å². The average molecular weight is 454 g/mol. The number of rotatable bonds is 4. The van der Waals surface area contributed by atoms with Crippen LogP contribution in [-0.2, 0) is 0 Å². The number of hydrogen-bond donors (Lipinski definition) is 2. The first-order valence-corrected chi connectivity index (χ1v) is 11.6. The number of nitrogens with one attached hydrogen (secondary N) is 1. The van der Waals surface area contributed by atoms with Crippen LogP contribution in [-0.4, -0.2) is 23.0 Å². The minimum absolute atomic E-state index is 0.206. The minimum Gasteiger partial charge on any atom is -0.316 e. The molecule has 0 radical (unpaired) electrons. The van der Waals surface area contributed by atoms with E-state index in [-0.39, 0.29) is 17.8 Å². The van der Waals surface area contributed by atoms with Crippen LogP contribution in [0.2, 0.25) is 0 Å². The number of aryl methyl sites for hydroxylation is 1. The number of benzene rings is 2. The van der Waals surface area contributed by atoms with Gasteiger partial charge in [0.2, 0.25) is 0 Å². The van der Waals surface area contributed by atoms with Gasteiger partial charge >= 0.3 is 11.2 Å². The Labute approximate surface area is 190 Å². The fourth-order valence-electron chi connectivity index (χ4n) is 4.20. The van der Waals surface area contributed by atoms with E-state index in [0.29, 0.717) is 16.4 Å². The Morgan fingerprint density at radius 2 is 1.72 bits per heavy atom. The smallest absolute Gasteiger partial charge is 0.316 e. The van der Waals surface area contributed by atoms with E-state index >= 15 is 0 Å². The molecule has 4 rings (SSSR count). The molecular weight excluding hydrogens is 427 g/mol. The highest BCUT2D eigenvalue weighted by atomic mass is 32.1. The van der Waals surface area contributed by atoms with Gasteiger partial charge in [0.05, 0.1) is 5.69 Å². The summed E-state index contributed by atoms with van der Waals surface area (Å²) in [5, 5.41) is 2.21. The molecule has 0 bridgehead atoms. The molecule has 8 heteroatoms. The van der Waals surface area contributed by atoms with Gasteiger partial charge in [0.25, 0.3) is 5.91 Å². The second kappa shape index (κ2) is 9.18. The number of amides is 3. The van der Waals surface area contributed by atoms with Crippen molar-refractivity contribution in [3.8, 4) is 11.3 Å². The standard InChI is InChI=1S/C24H25FN4O2S/c1-16-7-9-18(10-8-16)22(30)28-29(23(26)31,20-5-3-2-4-6-20)24-27-21(15-32-24)17-11-13-19(25)14-12-17/h7-15,20H,2-6H2,1H3,(H2-,26,28,30,31)/p+1. The first-order chi connectivity index (χ1) is 15.4. The van der Waals surface area contributed by atoms with Gasteiger partial charge in [-0.1, -0.05) is 40.0 Å². The maximum absolute atomic E-state index is 13.3. The second-order valence-corrected chi connectivity index (χ2v) is 9.02. The number of halogens is 1. The lowest BCUT2D eigenvalue weighted by Gasteiger charge is -2.38. The summed E-state index contributed by atoms with van der Waals surface area (Å²) in [7, 11) is 0. The Kier molecular flexibility index (Phi) is 6.34. The Morgan fingerprint density at radius 1 is 1.06 bits per heavy atom. The third kappa shape index (κ3) is 4.28. The van der Waals surface area contributed by atoms with E-state index in [1.807, 2.05) is 19.1 Å². The number of urea groups is 1. The van der Waals surface area contributed by atoms with Crippen molar-refractivity contribution in [1.82, 2.24) is 15.0 Å². The van der Waals surface area contributed by atoms with E-state index in [2.05, 4.69) is 5.43 Å². The zero-order chi connectivity index (χ0) is 22.7. The maximum Gasteiger partial charge on any atom is 0.446 e. The summed E-state index contributed by atoms with van der Waals surface area (Å²) in [6.45, 7) is 1.94. The molecule has 1 saturated carbocycles. The average Bonchev–Trinajstić information content (AvgIpc) is 3.29. The van der Waals surface area contributed by atoms with Crippen molar-refractivity contribution in [2.45, 2.75) is 45.1 Å². The number of carbonyl (C=O) groups is 2.